The van der Waals surface area contributed by atoms with Gasteiger partial charge in [-0.2, -0.15) is 0 Å². The summed E-state index contributed by atoms with van der Waals surface area (Å²) in [7, 11) is 0. The summed E-state index contributed by atoms with van der Waals surface area (Å²) in [6, 6.07) is 83.0. The van der Waals surface area contributed by atoms with Crippen LogP contribution < -0.4 is 9.80 Å². The molecular formula is C68H52N4O. The van der Waals surface area contributed by atoms with Crippen LogP contribution in [0.2, 0.25) is 0 Å². The van der Waals surface area contributed by atoms with Gasteiger partial charge in [0.25, 0.3) is 0 Å². The number of nitrogens with zero attached hydrogens (tertiary/aromatic N) is 4. The number of para-hydroxylation sites is 1. The van der Waals surface area contributed by atoms with Gasteiger partial charge in [0.1, 0.15) is 11.2 Å². The zero-order valence-electron chi connectivity index (χ0n) is 41.1. The van der Waals surface area contributed by atoms with E-state index in [2.05, 4.69) is 265 Å². The molecule has 5 nitrogen and oxygen atoms in total. The zero-order valence-corrected chi connectivity index (χ0v) is 41.1. The van der Waals surface area contributed by atoms with Crippen molar-refractivity contribution < 1.29 is 4.42 Å². The Bertz CT molecular complexity index is 3820. The minimum absolute atomic E-state index is 0.803. The predicted molar refractivity (Wildman–Crippen MR) is 305 cm³/mol. The van der Waals surface area contributed by atoms with Crippen LogP contribution in [-0.2, 0) is 5.41 Å². The lowest BCUT2D eigenvalue weighted by atomic mass is 9.67. The summed E-state index contributed by atoms with van der Waals surface area (Å²) in [5.74, 6) is 0. The lowest BCUT2D eigenvalue weighted by Crippen LogP contribution is -2.31. The molecule has 0 saturated heterocycles. The van der Waals surface area contributed by atoms with Crippen molar-refractivity contribution in [3.63, 3.8) is 0 Å². The van der Waals surface area contributed by atoms with Crippen molar-refractivity contribution in [2.75, 3.05) is 9.80 Å². The second-order valence-electron chi connectivity index (χ2n) is 18.8. The van der Waals surface area contributed by atoms with Gasteiger partial charge in [-0.05, 0) is 139 Å². The molecule has 2 aromatic heterocycles. The molecule has 0 amide bonds. The van der Waals surface area contributed by atoms with Gasteiger partial charge < -0.3 is 14.2 Å². The van der Waals surface area contributed by atoms with Crippen LogP contribution in [0.15, 0.2) is 270 Å². The number of pyridine rings is 1. The van der Waals surface area contributed by atoms with Gasteiger partial charge in [0.2, 0.25) is 0 Å². The first-order valence-electron chi connectivity index (χ1n) is 24.8. The average molecular weight is 941 g/mol. The maximum atomic E-state index is 7.05. The molecule has 2 heterocycles. The Morgan fingerprint density at radius 1 is 0.534 bits per heavy atom. The van der Waals surface area contributed by atoms with Gasteiger partial charge in [-0.15, -0.1) is 0 Å². The number of rotatable bonds is 12. The lowest BCUT2D eigenvalue weighted by Gasteiger charge is -2.38. The summed E-state index contributed by atoms with van der Waals surface area (Å²) in [6.45, 7) is 10.0. The smallest absolute Gasteiger partial charge is 0.138 e. The molecule has 1 aliphatic rings. The second-order valence-corrected chi connectivity index (χ2v) is 18.8. The number of aromatic nitrogens is 1. The maximum absolute atomic E-state index is 7.05. The SMILES string of the molecule is C=N/C(C)=C\C=C(/C)N(c1ccc(-c2ccccc2)cc1)c1cc2oc3ccccc3c2c2c1C(c1ccccc1)(c1ccccc1)c1ccc(N(c3ccc(-c4ccccc4)cc3)c3ccc(C)nc3)cc1-2. The molecule has 0 radical (unpaired) electrons. The van der Waals surface area contributed by atoms with Gasteiger partial charge in [-0.1, -0.05) is 170 Å². The first-order chi connectivity index (χ1) is 35.9. The van der Waals surface area contributed by atoms with Crippen LogP contribution >= 0.6 is 0 Å². The van der Waals surface area contributed by atoms with Crippen LogP contribution in [0.1, 0.15) is 41.8 Å². The van der Waals surface area contributed by atoms with Crippen LogP contribution in [0.25, 0.3) is 55.3 Å². The Kier molecular flexibility index (Phi) is 11.5. The number of benzene rings is 9. The van der Waals surface area contributed by atoms with Crippen LogP contribution in [-0.4, -0.2) is 11.7 Å². The van der Waals surface area contributed by atoms with E-state index < -0.39 is 5.41 Å². The van der Waals surface area contributed by atoms with Crippen molar-refractivity contribution in [2.24, 2.45) is 4.99 Å². The van der Waals surface area contributed by atoms with E-state index in [-0.39, 0.29) is 0 Å². The molecular weight excluding hydrogens is 889 g/mol. The van der Waals surface area contributed by atoms with E-state index in [1.54, 1.807) is 0 Å². The Morgan fingerprint density at radius 3 is 1.66 bits per heavy atom. The maximum Gasteiger partial charge on any atom is 0.138 e. The van der Waals surface area contributed by atoms with Crippen molar-refractivity contribution in [3.05, 3.63) is 288 Å². The van der Waals surface area contributed by atoms with E-state index in [1.807, 2.05) is 26.1 Å². The van der Waals surface area contributed by atoms with E-state index in [0.717, 1.165) is 112 Å². The molecule has 73 heavy (non-hydrogen) atoms. The van der Waals surface area contributed by atoms with Crippen molar-refractivity contribution in [2.45, 2.75) is 26.2 Å². The Morgan fingerprint density at radius 2 is 1.07 bits per heavy atom. The van der Waals surface area contributed by atoms with Crippen LogP contribution in [0.5, 0.6) is 0 Å². The zero-order chi connectivity index (χ0) is 49.5. The van der Waals surface area contributed by atoms with Crippen molar-refractivity contribution in [3.8, 4) is 33.4 Å². The number of hydrogen-bond donors (Lipinski definition) is 0. The number of allylic oxidation sites excluding steroid dienone is 4. The molecule has 12 rings (SSSR count). The molecule has 0 spiro atoms. The van der Waals surface area contributed by atoms with Crippen molar-refractivity contribution >= 4 is 57.1 Å². The fourth-order valence-corrected chi connectivity index (χ4v) is 11.0. The minimum Gasteiger partial charge on any atom is -0.456 e. The van der Waals surface area contributed by atoms with E-state index in [4.69, 9.17) is 9.40 Å². The average Bonchev–Trinajstić information content (AvgIpc) is 3.98. The predicted octanol–water partition coefficient (Wildman–Crippen LogP) is 18.1. The minimum atomic E-state index is -0.807. The third-order valence-electron chi connectivity index (χ3n) is 14.4. The molecule has 0 saturated carbocycles. The summed E-state index contributed by atoms with van der Waals surface area (Å²) in [4.78, 5) is 13.9. The topological polar surface area (TPSA) is 44.9 Å². The molecule has 5 heteroatoms. The van der Waals surface area contributed by atoms with E-state index >= 15 is 0 Å². The molecule has 0 aliphatic heterocycles. The Hall–Kier alpha value is -9.32. The molecule has 0 N–H and O–H groups in total. The number of anilines is 5. The molecule has 11 aromatic rings. The van der Waals surface area contributed by atoms with Crippen molar-refractivity contribution in [1.29, 1.82) is 0 Å². The standard InChI is InChI=1S/C68H52N4O/c1-46(69-4)29-31-48(3)71(55-37-32-51(33-38-55)49-19-9-5-10-20-49)62-44-64-65(59-27-17-18-28-63(59)73-64)66-60-43-57(41-42-61(60)68(67(62)66,53-23-13-7-14-24-53)54-25-15-8-16-26-54)72(58-36-30-47(2)70-45-58)56-39-34-52(35-40-56)50-21-11-6-12-22-50/h5-45H,4H2,1-3H3/b46-29-,48-31+. The van der Waals surface area contributed by atoms with Gasteiger partial charge in [-0.3, -0.25) is 9.98 Å². The molecule has 0 unspecified atom stereocenters. The first kappa shape index (κ1) is 44.9. The summed E-state index contributed by atoms with van der Waals surface area (Å²) >= 11 is 0. The quantitative estimate of drug-likeness (QED) is 0.0904. The van der Waals surface area contributed by atoms with Gasteiger partial charge in [0, 0.05) is 62.1 Å². The molecule has 0 atom stereocenters. The molecule has 350 valence electrons. The van der Waals surface area contributed by atoms with E-state index in [1.165, 1.54) is 11.1 Å². The highest BCUT2D eigenvalue weighted by Crippen LogP contribution is 2.63. The van der Waals surface area contributed by atoms with E-state index in [0.29, 0.717) is 0 Å². The highest BCUT2D eigenvalue weighted by atomic mass is 16.3. The van der Waals surface area contributed by atoms with Crippen LogP contribution in [0.3, 0.4) is 0 Å². The highest BCUT2D eigenvalue weighted by Gasteiger charge is 2.50. The third kappa shape index (κ3) is 7.83. The summed E-state index contributed by atoms with van der Waals surface area (Å²) in [5.41, 5.74) is 20.1. The Labute approximate surface area is 427 Å². The lowest BCUT2D eigenvalue weighted by molar-refractivity contribution is 0.668. The summed E-state index contributed by atoms with van der Waals surface area (Å²) in [5, 5.41) is 2.14. The van der Waals surface area contributed by atoms with Gasteiger partial charge in [0.05, 0.1) is 23.0 Å². The van der Waals surface area contributed by atoms with E-state index in [9.17, 15) is 0 Å². The number of aliphatic imine (C=N–C) groups is 1. The number of furan rings is 1. The number of fused-ring (bicyclic) bond motifs is 7. The largest absolute Gasteiger partial charge is 0.456 e. The Balaban J connectivity index is 1.20. The van der Waals surface area contributed by atoms with Crippen molar-refractivity contribution in [1.82, 2.24) is 4.98 Å². The van der Waals surface area contributed by atoms with Crippen LogP contribution in [0.4, 0.5) is 28.4 Å². The number of aryl methyl sites for hydroxylation is 1. The first-order valence-corrected chi connectivity index (χ1v) is 24.8. The molecule has 0 fully saturated rings. The number of hydrogen-bond acceptors (Lipinski definition) is 5. The summed E-state index contributed by atoms with van der Waals surface area (Å²) < 4.78 is 7.05. The summed E-state index contributed by atoms with van der Waals surface area (Å²) in [6.07, 6.45) is 6.17. The van der Waals surface area contributed by atoms with Gasteiger partial charge in [0.15, 0.2) is 0 Å². The molecule has 1 aliphatic carbocycles. The highest BCUT2D eigenvalue weighted by molar-refractivity contribution is 6.18. The molecule has 9 aromatic carbocycles. The monoisotopic (exact) mass is 940 g/mol. The fourth-order valence-electron chi connectivity index (χ4n) is 11.0. The van der Waals surface area contributed by atoms with Crippen LogP contribution in [0, 0.1) is 6.92 Å². The third-order valence-corrected chi connectivity index (χ3v) is 14.4. The second kappa shape index (κ2) is 18.8. The van der Waals surface area contributed by atoms with Gasteiger partial charge >= 0.3 is 0 Å². The van der Waals surface area contributed by atoms with Gasteiger partial charge in [-0.25, -0.2) is 0 Å². The fraction of sp³-hybridized carbons (Fsp3) is 0.0588. The normalized spacial score (nSPS) is 12.9. The molecule has 0 bridgehead atoms.